The molecule has 2 aliphatic heterocycles. The lowest BCUT2D eigenvalue weighted by Gasteiger charge is -2.34. The number of benzene rings is 2. The Hall–Kier alpha value is -3.94. The predicted octanol–water partition coefficient (Wildman–Crippen LogP) is 2.26. The second kappa shape index (κ2) is 7.09. The molecule has 156 valence electrons. The minimum atomic E-state index is -0.407. The molecule has 0 atom stereocenters. The van der Waals surface area contributed by atoms with Crippen molar-refractivity contribution in [1.29, 1.82) is 0 Å². The summed E-state index contributed by atoms with van der Waals surface area (Å²) in [5.41, 5.74) is 1.57. The van der Waals surface area contributed by atoms with Crippen molar-refractivity contribution in [2.24, 2.45) is 0 Å². The second-order valence-electron chi connectivity index (χ2n) is 7.66. The predicted molar refractivity (Wildman–Crippen MR) is 111 cm³/mol. The Balaban J connectivity index is 1.27. The van der Waals surface area contributed by atoms with Crippen LogP contribution in [0, 0.1) is 0 Å². The molecule has 0 N–H and O–H groups in total. The SMILES string of the molecule is CN1C(=O)c2ccc(C(=O)N3CCN(C(=O)c4cc5ccccc5o4)CC3)cc2C1=O. The molecule has 0 saturated carbocycles. The highest BCUT2D eigenvalue weighted by Crippen LogP contribution is 2.24. The van der Waals surface area contributed by atoms with Crippen LogP contribution in [0.2, 0.25) is 0 Å². The number of carbonyl (C=O) groups excluding carboxylic acids is 4. The molecule has 0 bridgehead atoms. The van der Waals surface area contributed by atoms with E-state index >= 15 is 0 Å². The molecule has 31 heavy (non-hydrogen) atoms. The number of hydrogen-bond donors (Lipinski definition) is 0. The fourth-order valence-electron chi connectivity index (χ4n) is 4.03. The summed E-state index contributed by atoms with van der Waals surface area (Å²) in [7, 11) is 1.42. The van der Waals surface area contributed by atoms with Crippen LogP contribution in [0.4, 0.5) is 0 Å². The van der Waals surface area contributed by atoms with Crippen molar-refractivity contribution in [1.82, 2.24) is 14.7 Å². The van der Waals surface area contributed by atoms with Gasteiger partial charge in [-0.3, -0.25) is 24.1 Å². The number of hydrogen-bond acceptors (Lipinski definition) is 5. The number of fused-ring (bicyclic) bond motifs is 2. The van der Waals surface area contributed by atoms with E-state index in [1.807, 2.05) is 24.3 Å². The lowest BCUT2D eigenvalue weighted by atomic mass is 10.0. The summed E-state index contributed by atoms with van der Waals surface area (Å²) in [6.45, 7) is 1.50. The zero-order valence-corrected chi connectivity index (χ0v) is 16.8. The van der Waals surface area contributed by atoms with Crippen molar-refractivity contribution in [3.8, 4) is 0 Å². The van der Waals surface area contributed by atoms with E-state index in [2.05, 4.69) is 0 Å². The first-order chi connectivity index (χ1) is 14.9. The van der Waals surface area contributed by atoms with Crippen molar-refractivity contribution in [3.63, 3.8) is 0 Å². The van der Waals surface area contributed by atoms with Gasteiger partial charge in [0.05, 0.1) is 11.1 Å². The second-order valence-corrected chi connectivity index (χ2v) is 7.66. The fraction of sp³-hybridized carbons (Fsp3) is 0.217. The first-order valence-corrected chi connectivity index (χ1v) is 9.97. The molecule has 1 fully saturated rings. The lowest BCUT2D eigenvalue weighted by molar-refractivity contribution is 0.0519. The molecule has 5 rings (SSSR count). The molecule has 0 radical (unpaired) electrons. The number of rotatable bonds is 2. The standard InChI is InChI=1S/C23H19N3O5/c1-24-21(28)16-7-6-15(12-17(16)22(24)29)20(27)25-8-10-26(11-9-25)23(30)19-13-14-4-2-3-5-18(14)31-19/h2-7,12-13H,8-11H2,1H3. The van der Waals surface area contributed by atoms with Gasteiger partial charge in [0.25, 0.3) is 23.6 Å². The Labute approximate surface area is 177 Å². The van der Waals surface area contributed by atoms with Gasteiger partial charge in [0.1, 0.15) is 5.58 Å². The highest BCUT2D eigenvalue weighted by Gasteiger charge is 2.34. The Bertz CT molecular complexity index is 1220. The summed E-state index contributed by atoms with van der Waals surface area (Å²) in [4.78, 5) is 54.3. The molecule has 3 aromatic rings. The molecule has 2 aromatic carbocycles. The summed E-state index contributed by atoms with van der Waals surface area (Å²) in [6, 6.07) is 13.7. The molecule has 0 spiro atoms. The molecular weight excluding hydrogens is 398 g/mol. The molecule has 2 aliphatic rings. The highest BCUT2D eigenvalue weighted by molar-refractivity contribution is 6.21. The van der Waals surface area contributed by atoms with Crippen LogP contribution in [0.5, 0.6) is 0 Å². The van der Waals surface area contributed by atoms with Gasteiger partial charge in [-0.2, -0.15) is 0 Å². The maximum Gasteiger partial charge on any atom is 0.289 e. The summed E-state index contributed by atoms with van der Waals surface area (Å²) >= 11 is 0. The van der Waals surface area contributed by atoms with E-state index < -0.39 is 5.91 Å². The molecule has 8 heteroatoms. The van der Waals surface area contributed by atoms with Gasteiger partial charge in [-0.25, -0.2) is 0 Å². The summed E-state index contributed by atoms with van der Waals surface area (Å²) in [6.07, 6.45) is 0. The smallest absolute Gasteiger partial charge is 0.289 e. The zero-order chi connectivity index (χ0) is 21.7. The van der Waals surface area contributed by atoms with Gasteiger partial charge >= 0.3 is 0 Å². The van der Waals surface area contributed by atoms with E-state index in [0.717, 1.165) is 10.3 Å². The molecule has 8 nitrogen and oxygen atoms in total. The average Bonchev–Trinajstić information content (AvgIpc) is 3.33. The Morgan fingerprint density at radius 3 is 2.16 bits per heavy atom. The molecular formula is C23H19N3O5. The van der Waals surface area contributed by atoms with Crippen molar-refractivity contribution in [3.05, 3.63) is 71.0 Å². The third kappa shape index (κ3) is 3.07. The van der Waals surface area contributed by atoms with Crippen LogP contribution in [-0.4, -0.2) is 71.6 Å². The number of piperazine rings is 1. The van der Waals surface area contributed by atoms with Gasteiger partial charge in [0.15, 0.2) is 5.76 Å². The van der Waals surface area contributed by atoms with Crippen LogP contribution in [0.25, 0.3) is 11.0 Å². The maximum atomic E-state index is 12.9. The van der Waals surface area contributed by atoms with Crippen LogP contribution >= 0.6 is 0 Å². The monoisotopic (exact) mass is 417 g/mol. The van der Waals surface area contributed by atoms with Crippen molar-refractivity contribution >= 4 is 34.6 Å². The van der Waals surface area contributed by atoms with Crippen LogP contribution < -0.4 is 0 Å². The van der Waals surface area contributed by atoms with Gasteiger partial charge < -0.3 is 14.2 Å². The molecule has 3 heterocycles. The zero-order valence-electron chi connectivity index (χ0n) is 16.8. The van der Waals surface area contributed by atoms with E-state index in [9.17, 15) is 19.2 Å². The fourth-order valence-corrected chi connectivity index (χ4v) is 4.03. The molecule has 1 aromatic heterocycles. The molecule has 0 aliphatic carbocycles. The average molecular weight is 417 g/mol. The molecule has 0 unspecified atom stereocenters. The van der Waals surface area contributed by atoms with Gasteiger partial charge in [-0.15, -0.1) is 0 Å². The Morgan fingerprint density at radius 1 is 0.806 bits per heavy atom. The van der Waals surface area contributed by atoms with Crippen LogP contribution in [-0.2, 0) is 0 Å². The van der Waals surface area contributed by atoms with Crippen molar-refractivity contribution in [2.75, 3.05) is 33.2 Å². The van der Waals surface area contributed by atoms with Crippen LogP contribution in [0.1, 0.15) is 41.6 Å². The normalized spacial score (nSPS) is 16.2. The van der Waals surface area contributed by atoms with Crippen LogP contribution in [0.3, 0.4) is 0 Å². The molecule has 1 saturated heterocycles. The minimum Gasteiger partial charge on any atom is -0.451 e. The third-order valence-electron chi connectivity index (χ3n) is 5.83. The quantitative estimate of drug-likeness (QED) is 0.597. The Morgan fingerprint density at radius 2 is 1.45 bits per heavy atom. The first kappa shape index (κ1) is 19.0. The van der Waals surface area contributed by atoms with E-state index in [0.29, 0.717) is 42.9 Å². The largest absolute Gasteiger partial charge is 0.451 e. The highest BCUT2D eigenvalue weighted by atomic mass is 16.3. The maximum absolute atomic E-state index is 12.9. The number of carbonyl (C=O) groups is 4. The van der Waals surface area contributed by atoms with Crippen molar-refractivity contribution < 1.29 is 23.6 Å². The van der Waals surface area contributed by atoms with E-state index in [1.54, 1.807) is 21.9 Å². The van der Waals surface area contributed by atoms with E-state index in [-0.39, 0.29) is 29.0 Å². The minimum absolute atomic E-state index is 0.201. The number of amides is 4. The van der Waals surface area contributed by atoms with Gasteiger partial charge in [0.2, 0.25) is 0 Å². The van der Waals surface area contributed by atoms with E-state index in [1.165, 1.54) is 19.2 Å². The number of para-hydroxylation sites is 1. The van der Waals surface area contributed by atoms with E-state index in [4.69, 9.17) is 4.42 Å². The number of nitrogens with zero attached hydrogens (tertiary/aromatic N) is 3. The Kier molecular flexibility index (Phi) is 4.35. The van der Waals surface area contributed by atoms with Gasteiger partial charge in [0, 0.05) is 44.2 Å². The topological polar surface area (TPSA) is 91.1 Å². The summed E-state index contributed by atoms with van der Waals surface area (Å²) in [5.74, 6) is -0.916. The van der Waals surface area contributed by atoms with Crippen molar-refractivity contribution in [2.45, 2.75) is 0 Å². The summed E-state index contributed by atoms with van der Waals surface area (Å²) < 4.78 is 5.66. The molecule has 4 amide bonds. The van der Waals surface area contributed by atoms with Crippen LogP contribution in [0.15, 0.2) is 52.9 Å². The summed E-state index contributed by atoms with van der Waals surface area (Å²) in [5, 5.41) is 0.870. The lowest BCUT2D eigenvalue weighted by Crippen LogP contribution is -2.50. The number of imide groups is 1. The van der Waals surface area contributed by atoms with Gasteiger partial charge in [-0.1, -0.05) is 18.2 Å². The number of furan rings is 1. The van der Waals surface area contributed by atoms with Gasteiger partial charge in [-0.05, 0) is 30.3 Å². The third-order valence-corrected chi connectivity index (χ3v) is 5.83. The first-order valence-electron chi connectivity index (χ1n) is 9.97.